The summed E-state index contributed by atoms with van der Waals surface area (Å²) in [7, 11) is 0. The van der Waals surface area contributed by atoms with Crippen molar-refractivity contribution in [3.63, 3.8) is 0 Å². The van der Waals surface area contributed by atoms with Crippen molar-refractivity contribution in [1.82, 2.24) is 0 Å². The van der Waals surface area contributed by atoms with Crippen molar-refractivity contribution in [1.29, 1.82) is 0 Å². The third-order valence-electron chi connectivity index (χ3n) is 7.70. The summed E-state index contributed by atoms with van der Waals surface area (Å²) in [6.07, 6.45) is 2.96. The number of hydrogen-bond donors (Lipinski definition) is 0. The molecule has 0 aromatic heterocycles. The van der Waals surface area contributed by atoms with Gasteiger partial charge in [0, 0.05) is 5.41 Å². The van der Waals surface area contributed by atoms with Crippen LogP contribution in [0.2, 0.25) is 0 Å². The Morgan fingerprint density at radius 3 is 1.06 bits per heavy atom. The highest BCUT2D eigenvalue weighted by molar-refractivity contribution is 5.94. The van der Waals surface area contributed by atoms with E-state index in [4.69, 9.17) is 28.4 Å². The second-order valence-electron chi connectivity index (χ2n) is 11.6. The highest BCUT2D eigenvalue weighted by atomic mass is 16.6. The van der Waals surface area contributed by atoms with Crippen LogP contribution in [0, 0.1) is 0 Å². The van der Waals surface area contributed by atoms with Crippen LogP contribution in [-0.2, 0) is 24.4 Å². The average Bonchev–Trinajstić information content (AvgIpc) is 3.16. The zero-order chi connectivity index (χ0) is 36.6. The first-order valence-electron chi connectivity index (χ1n) is 16.2. The molecule has 0 unspecified atom stereocenters. The molecule has 51 heavy (non-hydrogen) atoms. The van der Waals surface area contributed by atoms with E-state index in [2.05, 4.69) is 27.0 Å². The Labute approximate surface area is 297 Å². The van der Waals surface area contributed by atoms with Gasteiger partial charge in [-0.1, -0.05) is 63.4 Å². The van der Waals surface area contributed by atoms with Gasteiger partial charge in [-0.15, -0.1) is 0 Å². The van der Waals surface area contributed by atoms with Gasteiger partial charge in [0.15, 0.2) is 0 Å². The highest BCUT2D eigenvalue weighted by Crippen LogP contribution is 2.33. The second-order valence-corrected chi connectivity index (χ2v) is 11.6. The minimum atomic E-state index is -0.522. The molecule has 264 valence electrons. The van der Waals surface area contributed by atoms with Gasteiger partial charge in [0.05, 0.1) is 22.3 Å². The molecular formula is C41H40O10. The number of carbonyl (C=O) groups excluding carboxylic acids is 4. The lowest BCUT2D eigenvalue weighted by molar-refractivity contribution is 0.0442. The maximum atomic E-state index is 12.4. The Morgan fingerprint density at radius 1 is 0.471 bits per heavy atom. The Bertz CT molecular complexity index is 1660. The van der Waals surface area contributed by atoms with Crippen LogP contribution in [0.5, 0.6) is 11.5 Å². The number of rotatable bonds is 18. The highest BCUT2D eigenvalue weighted by Gasteiger charge is 2.23. The van der Waals surface area contributed by atoms with Crippen LogP contribution in [0.1, 0.15) is 66.4 Å². The molecule has 0 heterocycles. The molecule has 0 fully saturated rings. The fourth-order valence-corrected chi connectivity index (χ4v) is 4.78. The number of benzene rings is 4. The molecule has 10 heteroatoms. The molecule has 0 atom stereocenters. The van der Waals surface area contributed by atoms with E-state index in [9.17, 15) is 19.2 Å². The molecule has 4 rings (SSSR count). The summed E-state index contributed by atoms with van der Waals surface area (Å²) in [5.74, 6) is -0.764. The maximum absolute atomic E-state index is 12.4. The quantitative estimate of drug-likeness (QED) is 0.0459. The summed E-state index contributed by atoms with van der Waals surface area (Å²) in [4.78, 5) is 48.5. The van der Waals surface area contributed by atoms with Crippen LogP contribution in [-0.4, -0.2) is 63.5 Å². The summed E-state index contributed by atoms with van der Waals surface area (Å²) in [6.45, 7) is 11.9. The number of hydrogen-bond acceptors (Lipinski definition) is 10. The minimum Gasteiger partial charge on any atom is -0.490 e. The summed E-state index contributed by atoms with van der Waals surface area (Å²) in [5.41, 5.74) is 3.10. The summed E-state index contributed by atoms with van der Waals surface area (Å²) in [5, 5.41) is 0. The molecule has 10 nitrogen and oxygen atoms in total. The SMILES string of the molecule is C=CCOC(=O)c1ccc(C(=O)OCCOc2ccc(C(C)(C)c3ccc(OCCOC(=O)c4ccc(C(=O)OCC=C)cc4)cc3)cc2)cc1. The maximum Gasteiger partial charge on any atom is 0.338 e. The third-order valence-corrected chi connectivity index (χ3v) is 7.70. The van der Waals surface area contributed by atoms with Crippen molar-refractivity contribution in [2.24, 2.45) is 0 Å². The molecule has 0 N–H and O–H groups in total. The molecular weight excluding hydrogens is 652 g/mol. The van der Waals surface area contributed by atoms with Crippen molar-refractivity contribution in [2.75, 3.05) is 39.6 Å². The van der Waals surface area contributed by atoms with Gasteiger partial charge < -0.3 is 28.4 Å². The standard InChI is InChI=1S/C41H40O10/c1-5-23-48-37(42)29-7-11-31(12-8-29)39(44)50-27-25-46-35-19-15-33(16-20-35)41(3,4)34-17-21-36(22-18-34)47-26-28-51-40(45)32-13-9-30(10-14-32)38(43)49-24-6-2/h5-22H,1-2,23-28H2,3-4H3. The third kappa shape index (κ3) is 10.9. The Hall–Kier alpha value is -6.16. The molecule has 0 aliphatic carbocycles. The predicted molar refractivity (Wildman–Crippen MR) is 190 cm³/mol. The number of carbonyl (C=O) groups is 4. The first kappa shape index (κ1) is 37.7. The van der Waals surface area contributed by atoms with Crippen molar-refractivity contribution in [3.05, 3.63) is 156 Å². The van der Waals surface area contributed by atoms with E-state index in [-0.39, 0.29) is 45.1 Å². The van der Waals surface area contributed by atoms with Gasteiger partial charge in [-0.2, -0.15) is 0 Å². The van der Waals surface area contributed by atoms with Gasteiger partial charge in [-0.25, -0.2) is 19.2 Å². The van der Waals surface area contributed by atoms with E-state index in [0.29, 0.717) is 33.8 Å². The van der Waals surface area contributed by atoms with Gasteiger partial charge in [-0.05, 0) is 83.9 Å². The van der Waals surface area contributed by atoms with E-state index in [0.717, 1.165) is 11.1 Å². The second kappa shape index (κ2) is 18.6. The van der Waals surface area contributed by atoms with Crippen molar-refractivity contribution < 1.29 is 47.6 Å². The molecule has 0 saturated heterocycles. The van der Waals surface area contributed by atoms with Crippen LogP contribution in [0.4, 0.5) is 0 Å². The topological polar surface area (TPSA) is 124 Å². The van der Waals surface area contributed by atoms with E-state index in [1.54, 1.807) is 0 Å². The summed E-state index contributed by atoms with van der Waals surface area (Å²) in [6, 6.07) is 27.5. The van der Waals surface area contributed by atoms with E-state index >= 15 is 0 Å². The zero-order valence-corrected chi connectivity index (χ0v) is 28.6. The van der Waals surface area contributed by atoms with Crippen molar-refractivity contribution in [3.8, 4) is 11.5 Å². The van der Waals surface area contributed by atoms with Crippen LogP contribution >= 0.6 is 0 Å². The normalized spacial score (nSPS) is 10.7. The van der Waals surface area contributed by atoms with Gasteiger partial charge in [0.2, 0.25) is 0 Å². The summed E-state index contributed by atoms with van der Waals surface area (Å²) < 4.78 is 32.1. The van der Waals surface area contributed by atoms with Crippen LogP contribution in [0.15, 0.2) is 122 Å². The van der Waals surface area contributed by atoms with E-state index in [1.165, 1.54) is 60.7 Å². The first-order valence-corrected chi connectivity index (χ1v) is 16.2. The minimum absolute atomic E-state index is 0.0518. The van der Waals surface area contributed by atoms with Crippen molar-refractivity contribution >= 4 is 23.9 Å². The zero-order valence-electron chi connectivity index (χ0n) is 28.6. The molecule has 4 aromatic rings. The molecule has 0 aliphatic rings. The first-order chi connectivity index (χ1) is 24.6. The van der Waals surface area contributed by atoms with Crippen LogP contribution in [0.3, 0.4) is 0 Å². The number of esters is 4. The number of ether oxygens (including phenoxy) is 6. The fourth-order valence-electron chi connectivity index (χ4n) is 4.78. The van der Waals surface area contributed by atoms with Crippen molar-refractivity contribution in [2.45, 2.75) is 19.3 Å². The Morgan fingerprint density at radius 2 is 0.765 bits per heavy atom. The molecule has 0 bridgehead atoms. The average molecular weight is 693 g/mol. The molecule has 0 amide bonds. The van der Waals surface area contributed by atoms with Gasteiger partial charge in [0.1, 0.15) is 51.1 Å². The lowest BCUT2D eigenvalue weighted by atomic mass is 9.78. The van der Waals surface area contributed by atoms with Crippen LogP contribution < -0.4 is 9.47 Å². The smallest absolute Gasteiger partial charge is 0.338 e. The predicted octanol–water partition coefficient (Wildman–Crippen LogP) is 7.17. The fraction of sp³-hybridized carbons (Fsp3) is 0.220. The van der Waals surface area contributed by atoms with Crippen LogP contribution in [0.25, 0.3) is 0 Å². The van der Waals surface area contributed by atoms with E-state index in [1.807, 2.05) is 48.5 Å². The van der Waals surface area contributed by atoms with Gasteiger partial charge in [0.25, 0.3) is 0 Å². The lowest BCUT2D eigenvalue weighted by Crippen LogP contribution is -2.19. The molecule has 0 spiro atoms. The summed E-state index contributed by atoms with van der Waals surface area (Å²) >= 11 is 0. The lowest BCUT2D eigenvalue weighted by Gasteiger charge is -2.26. The van der Waals surface area contributed by atoms with E-state index < -0.39 is 23.9 Å². The van der Waals surface area contributed by atoms with Gasteiger partial charge in [-0.3, -0.25) is 0 Å². The largest absolute Gasteiger partial charge is 0.490 e. The monoisotopic (exact) mass is 692 g/mol. The molecule has 0 aliphatic heterocycles. The molecule has 4 aromatic carbocycles. The Balaban J connectivity index is 1.18. The van der Waals surface area contributed by atoms with Gasteiger partial charge >= 0.3 is 23.9 Å². The molecule has 0 saturated carbocycles. The Kier molecular flexibility index (Phi) is 13.7. The molecule has 0 radical (unpaired) electrons.